The van der Waals surface area contributed by atoms with Crippen LogP contribution in [0.4, 0.5) is 0 Å². The van der Waals surface area contributed by atoms with Gasteiger partial charge in [0.2, 0.25) is 0 Å². The number of carbonyl (C=O) groups excluding carboxylic acids is 2. The Morgan fingerprint density at radius 2 is 1.33 bits per heavy atom. The summed E-state index contributed by atoms with van der Waals surface area (Å²) in [4.78, 5) is 29.3. The fraction of sp³-hybridized carbons (Fsp3) is 0.857. The highest BCUT2D eigenvalue weighted by molar-refractivity contribution is 5.69. The van der Waals surface area contributed by atoms with Gasteiger partial charge in [0.05, 0.1) is 5.54 Å². The number of hydroxylamine groups is 2. The number of ether oxygens (including phenoxy) is 1. The molecule has 0 radical (unpaired) electrons. The Bertz CT molecular complexity index is 572. The molecule has 1 aliphatic heterocycles. The van der Waals surface area contributed by atoms with Crippen molar-refractivity contribution in [3.05, 3.63) is 12.3 Å². The molecule has 33 heavy (non-hydrogen) atoms. The molecule has 1 unspecified atom stereocenters. The van der Waals surface area contributed by atoms with Crippen LogP contribution in [-0.2, 0) is 19.2 Å². The number of unbranched alkanes of at least 4 members (excludes halogenated alkanes) is 14. The zero-order chi connectivity index (χ0) is 24.5. The summed E-state index contributed by atoms with van der Waals surface area (Å²) in [6.07, 6.45) is 20.9. The molecular weight excluding hydrogens is 414 g/mol. The molecule has 0 aromatic heterocycles. The van der Waals surface area contributed by atoms with Gasteiger partial charge in [0.15, 0.2) is 0 Å². The number of rotatable bonds is 18. The third kappa shape index (κ3) is 13.7. The fourth-order valence-corrected chi connectivity index (χ4v) is 4.78. The molecule has 1 atom stereocenters. The van der Waals surface area contributed by atoms with Crippen molar-refractivity contribution >= 4 is 11.9 Å². The monoisotopic (exact) mass is 465 g/mol. The molecule has 1 heterocycles. The molecule has 0 spiro atoms. The summed E-state index contributed by atoms with van der Waals surface area (Å²) in [5, 5.41) is 1.63. The summed E-state index contributed by atoms with van der Waals surface area (Å²) in [6, 6.07) is 0. The first-order valence-corrected chi connectivity index (χ1v) is 13.6. The number of piperidine rings is 1. The molecule has 0 bridgehead atoms. The minimum Gasteiger partial charge on any atom is -0.462 e. The van der Waals surface area contributed by atoms with E-state index < -0.39 is 5.54 Å². The molecular formula is C28H51NO4. The lowest BCUT2D eigenvalue weighted by atomic mass is 9.89. The summed E-state index contributed by atoms with van der Waals surface area (Å²) in [7, 11) is 0. The lowest BCUT2D eigenvalue weighted by Crippen LogP contribution is -2.51. The Balaban J connectivity index is 2.03. The Labute approximate surface area is 203 Å². The van der Waals surface area contributed by atoms with Crippen molar-refractivity contribution in [1.82, 2.24) is 5.06 Å². The molecule has 0 aromatic carbocycles. The molecule has 5 nitrogen and oxygen atoms in total. The van der Waals surface area contributed by atoms with Crippen LogP contribution >= 0.6 is 0 Å². The maximum absolute atomic E-state index is 12.3. The summed E-state index contributed by atoms with van der Waals surface area (Å²) in [6.45, 7) is 11.7. The van der Waals surface area contributed by atoms with Gasteiger partial charge in [0.25, 0.3) is 0 Å². The number of carbonyl (C=O) groups is 2. The molecule has 1 rings (SSSR count). The van der Waals surface area contributed by atoms with Crippen LogP contribution in [0.2, 0.25) is 0 Å². The fourth-order valence-electron chi connectivity index (χ4n) is 4.78. The SMILES string of the molecule is C=C1CC(OC(C)=O)CC(C)(C)N1OC(=O)CCCCCCCCCCCCCCCCC. The molecule has 1 fully saturated rings. The van der Waals surface area contributed by atoms with E-state index >= 15 is 0 Å². The second-order valence-corrected chi connectivity index (χ2v) is 10.5. The summed E-state index contributed by atoms with van der Waals surface area (Å²) in [5.74, 6) is -0.493. The van der Waals surface area contributed by atoms with Crippen LogP contribution < -0.4 is 0 Å². The second-order valence-electron chi connectivity index (χ2n) is 10.5. The Morgan fingerprint density at radius 3 is 1.76 bits per heavy atom. The lowest BCUT2D eigenvalue weighted by molar-refractivity contribution is -0.218. The van der Waals surface area contributed by atoms with Crippen molar-refractivity contribution in [1.29, 1.82) is 0 Å². The van der Waals surface area contributed by atoms with Crippen molar-refractivity contribution in [2.45, 2.75) is 155 Å². The highest BCUT2D eigenvalue weighted by Crippen LogP contribution is 2.35. The third-order valence-electron chi connectivity index (χ3n) is 6.54. The molecule has 1 aliphatic rings. The molecule has 1 saturated heterocycles. The zero-order valence-corrected chi connectivity index (χ0v) is 22.1. The smallest absolute Gasteiger partial charge is 0.332 e. The minimum atomic E-state index is -0.444. The summed E-state index contributed by atoms with van der Waals surface area (Å²) >= 11 is 0. The predicted molar refractivity (Wildman–Crippen MR) is 135 cm³/mol. The number of nitrogens with zero attached hydrogens (tertiary/aromatic N) is 1. The topological polar surface area (TPSA) is 55.8 Å². The Kier molecular flexibility index (Phi) is 15.2. The van der Waals surface area contributed by atoms with Gasteiger partial charge in [-0.15, -0.1) is 0 Å². The van der Waals surface area contributed by atoms with Crippen LogP contribution in [0.15, 0.2) is 12.3 Å². The van der Waals surface area contributed by atoms with Gasteiger partial charge in [-0.3, -0.25) is 4.79 Å². The largest absolute Gasteiger partial charge is 0.462 e. The van der Waals surface area contributed by atoms with E-state index in [1.807, 2.05) is 13.8 Å². The van der Waals surface area contributed by atoms with Crippen LogP contribution in [0.3, 0.4) is 0 Å². The molecule has 0 N–H and O–H groups in total. The first-order valence-electron chi connectivity index (χ1n) is 13.6. The van der Waals surface area contributed by atoms with E-state index in [-0.39, 0.29) is 18.0 Å². The van der Waals surface area contributed by atoms with Gasteiger partial charge >= 0.3 is 11.9 Å². The minimum absolute atomic E-state index is 0.204. The first-order chi connectivity index (χ1) is 15.8. The highest BCUT2D eigenvalue weighted by atomic mass is 16.7. The molecule has 0 saturated carbocycles. The first kappa shape index (κ1) is 29.5. The van der Waals surface area contributed by atoms with E-state index in [9.17, 15) is 9.59 Å². The van der Waals surface area contributed by atoms with Crippen LogP contribution in [0, 0.1) is 0 Å². The maximum Gasteiger partial charge on any atom is 0.332 e. The van der Waals surface area contributed by atoms with E-state index in [0.717, 1.165) is 12.8 Å². The standard InChI is InChI=1S/C28H51NO4/c1-6-7-8-9-10-11-12-13-14-15-16-17-18-19-20-21-27(31)33-29-24(2)22-26(32-25(3)30)23-28(29,4)5/h26H,2,6-23H2,1,3-5H3. The predicted octanol–water partition coefficient (Wildman–Crippen LogP) is 8.03. The average Bonchev–Trinajstić information content (AvgIpc) is 2.72. The second kappa shape index (κ2) is 17.0. The zero-order valence-electron chi connectivity index (χ0n) is 22.1. The molecule has 0 aromatic rings. The normalized spacial score (nSPS) is 17.8. The van der Waals surface area contributed by atoms with Gasteiger partial charge in [-0.2, -0.15) is 0 Å². The van der Waals surface area contributed by atoms with Gasteiger partial charge in [0, 0.05) is 31.9 Å². The lowest BCUT2D eigenvalue weighted by Gasteiger charge is -2.45. The van der Waals surface area contributed by atoms with Crippen molar-refractivity contribution in [2.24, 2.45) is 0 Å². The quantitative estimate of drug-likeness (QED) is 0.151. The molecule has 0 aliphatic carbocycles. The van der Waals surface area contributed by atoms with Gasteiger partial charge in [-0.25, -0.2) is 9.86 Å². The molecule has 0 amide bonds. The van der Waals surface area contributed by atoms with Gasteiger partial charge < -0.3 is 9.57 Å². The van der Waals surface area contributed by atoms with E-state index in [1.54, 1.807) is 5.06 Å². The van der Waals surface area contributed by atoms with Crippen molar-refractivity contribution in [3.63, 3.8) is 0 Å². The van der Waals surface area contributed by atoms with Crippen LogP contribution in [0.25, 0.3) is 0 Å². The summed E-state index contributed by atoms with van der Waals surface area (Å²) in [5.41, 5.74) is 0.238. The highest BCUT2D eigenvalue weighted by Gasteiger charge is 2.40. The van der Waals surface area contributed by atoms with Crippen LogP contribution in [0.5, 0.6) is 0 Å². The van der Waals surface area contributed by atoms with Gasteiger partial charge in [-0.05, 0) is 20.3 Å². The molecule has 5 heteroatoms. The van der Waals surface area contributed by atoms with Gasteiger partial charge in [-0.1, -0.05) is 103 Å². The Morgan fingerprint density at radius 1 is 0.879 bits per heavy atom. The van der Waals surface area contributed by atoms with E-state index in [1.165, 1.54) is 90.4 Å². The van der Waals surface area contributed by atoms with E-state index in [4.69, 9.17) is 9.57 Å². The van der Waals surface area contributed by atoms with Crippen LogP contribution in [0.1, 0.15) is 143 Å². The average molecular weight is 466 g/mol. The molecule has 192 valence electrons. The van der Waals surface area contributed by atoms with Crippen molar-refractivity contribution in [3.8, 4) is 0 Å². The Hall–Kier alpha value is -1.52. The van der Waals surface area contributed by atoms with Gasteiger partial charge in [0.1, 0.15) is 6.10 Å². The van der Waals surface area contributed by atoms with Crippen LogP contribution in [-0.4, -0.2) is 28.6 Å². The maximum atomic E-state index is 12.3. The summed E-state index contributed by atoms with van der Waals surface area (Å²) < 4.78 is 5.34. The van der Waals surface area contributed by atoms with Crippen molar-refractivity contribution in [2.75, 3.05) is 0 Å². The van der Waals surface area contributed by atoms with Crippen molar-refractivity contribution < 1.29 is 19.2 Å². The van der Waals surface area contributed by atoms with E-state index in [0.29, 0.717) is 25.0 Å². The van der Waals surface area contributed by atoms with E-state index in [2.05, 4.69) is 13.5 Å². The number of hydrogen-bond donors (Lipinski definition) is 0. The third-order valence-corrected chi connectivity index (χ3v) is 6.54. The number of esters is 1. The number of hydrogen-bond acceptors (Lipinski definition) is 5.